The zero-order valence-electron chi connectivity index (χ0n) is 12.6. The maximum Gasteiger partial charge on any atom is 0.258 e. The highest BCUT2D eigenvalue weighted by Gasteiger charge is 2.06. The van der Waals surface area contributed by atoms with E-state index in [2.05, 4.69) is 40.3 Å². The minimum atomic E-state index is -0.156. The summed E-state index contributed by atoms with van der Waals surface area (Å²) < 4.78 is 0. The van der Waals surface area contributed by atoms with Crippen molar-refractivity contribution in [2.75, 3.05) is 0 Å². The fraction of sp³-hybridized carbons (Fsp3) is 0.0526. The molecular formula is C19H13ClN2OS. The summed E-state index contributed by atoms with van der Waals surface area (Å²) in [5.41, 5.74) is 0.508. The summed E-state index contributed by atoms with van der Waals surface area (Å²) in [6.45, 7) is 0. The van der Waals surface area contributed by atoms with Crippen molar-refractivity contribution in [1.82, 2.24) is 9.97 Å². The van der Waals surface area contributed by atoms with E-state index in [0.29, 0.717) is 27.5 Å². The monoisotopic (exact) mass is 352 g/mol. The topological polar surface area (TPSA) is 45.8 Å². The molecule has 0 fully saturated rings. The standard InChI is InChI=1S/C19H13ClN2OS/c20-14-6-8-17-16(10-14)19(23)22-18(21-17)11-24-15-7-5-12-3-1-2-4-13(12)9-15/h1-10H,11H2,(H,21,22,23). The van der Waals surface area contributed by atoms with Crippen LogP contribution in [-0.4, -0.2) is 9.97 Å². The Morgan fingerprint density at radius 1 is 1.00 bits per heavy atom. The Bertz CT molecular complexity index is 1110. The number of fused-ring (bicyclic) bond motifs is 2. The molecule has 4 rings (SSSR count). The van der Waals surface area contributed by atoms with Gasteiger partial charge in [-0.25, -0.2) is 4.98 Å². The number of benzene rings is 3. The van der Waals surface area contributed by atoms with E-state index in [0.717, 1.165) is 4.90 Å². The molecule has 0 saturated heterocycles. The summed E-state index contributed by atoms with van der Waals surface area (Å²) in [4.78, 5) is 20.7. The number of hydrogen-bond donors (Lipinski definition) is 1. The van der Waals surface area contributed by atoms with Crippen LogP contribution in [0, 0.1) is 0 Å². The Kier molecular flexibility index (Phi) is 4.00. The van der Waals surface area contributed by atoms with E-state index < -0.39 is 0 Å². The number of H-pyrrole nitrogens is 1. The second-order valence-electron chi connectivity index (χ2n) is 5.47. The minimum absolute atomic E-state index is 0.156. The Balaban J connectivity index is 1.61. The van der Waals surface area contributed by atoms with Crippen LogP contribution in [0.15, 0.2) is 70.4 Å². The van der Waals surface area contributed by atoms with Crippen molar-refractivity contribution in [3.05, 3.63) is 81.9 Å². The van der Waals surface area contributed by atoms with E-state index >= 15 is 0 Å². The lowest BCUT2D eigenvalue weighted by Gasteiger charge is -2.05. The highest BCUT2D eigenvalue weighted by atomic mass is 35.5. The molecule has 0 atom stereocenters. The highest BCUT2D eigenvalue weighted by Crippen LogP contribution is 2.26. The lowest BCUT2D eigenvalue weighted by atomic mass is 10.1. The molecule has 1 N–H and O–H groups in total. The molecule has 3 aromatic carbocycles. The van der Waals surface area contributed by atoms with Crippen LogP contribution in [0.4, 0.5) is 0 Å². The molecule has 0 aliphatic carbocycles. The largest absolute Gasteiger partial charge is 0.309 e. The third-order valence-electron chi connectivity index (χ3n) is 3.81. The van der Waals surface area contributed by atoms with Gasteiger partial charge in [0, 0.05) is 9.92 Å². The van der Waals surface area contributed by atoms with Gasteiger partial charge in [-0.15, -0.1) is 11.8 Å². The molecule has 5 heteroatoms. The Labute approximate surface area is 147 Å². The van der Waals surface area contributed by atoms with E-state index in [9.17, 15) is 4.79 Å². The third-order valence-corrected chi connectivity index (χ3v) is 5.05. The first-order valence-corrected chi connectivity index (χ1v) is 8.85. The molecule has 0 saturated carbocycles. The number of aromatic amines is 1. The SMILES string of the molecule is O=c1[nH]c(CSc2ccc3ccccc3c2)nc2ccc(Cl)cc12. The van der Waals surface area contributed by atoms with Gasteiger partial charge in [-0.3, -0.25) is 4.79 Å². The van der Waals surface area contributed by atoms with Gasteiger partial charge in [0.25, 0.3) is 5.56 Å². The van der Waals surface area contributed by atoms with Crippen molar-refractivity contribution in [2.45, 2.75) is 10.6 Å². The summed E-state index contributed by atoms with van der Waals surface area (Å²) in [5.74, 6) is 1.26. The second-order valence-corrected chi connectivity index (χ2v) is 6.96. The van der Waals surface area contributed by atoms with Crippen LogP contribution in [0.5, 0.6) is 0 Å². The van der Waals surface area contributed by atoms with Crippen LogP contribution in [0.25, 0.3) is 21.7 Å². The number of nitrogens with zero attached hydrogens (tertiary/aromatic N) is 1. The molecule has 0 aliphatic heterocycles. The molecule has 118 valence electrons. The highest BCUT2D eigenvalue weighted by molar-refractivity contribution is 7.98. The molecule has 0 radical (unpaired) electrons. The summed E-state index contributed by atoms with van der Waals surface area (Å²) >= 11 is 7.58. The summed E-state index contributed by atoms with van der Waals surface area (Å²) in [5, 5.41) is 3.48. The van der Waals surface area contributed by atoms with Gasteiger partial charge in [-0.1, -0.05) is 41.9 Å². The van der Waals surface area contributed by atoms with Gasteiger partial charge in [0.1, 0.15) is 5.82 Å². The van der Waals surface area contributed by atoms with Crippen molar-refractivity contribution in [3.63, 3.8) is 0 Å². The van der Waals surface area contributed by atoms with Crippen LogP contribution in [-0.2, 0) is 5.75 Å². The Morgan fingerprint density at radius 2 is 1.83 bits per heavy atom. The molecule has 1 aromatic heterocycles. The first-order chi connectivity index (χ1) is 11.7. The van der Waals surface area contributed by atoms with Crippen LogP contribution >= 0.6 is 23.4 Å². The quantitative estimate of drug-likeness (QED) is 0.526. The van der Waals surface area contributed by atoms with Gasteiger partial charge < -0.3 is 4.98 Å². The number of hydrogen-bond acceptors (Lipinski definition) is 3. The molecule has 4 aromatic rings. The average Bonchev–Trinajstić information content (AvgIpc) is 2.60. The average molecular weight is 353 g/mol. The van der Waals surface area contributed by atoms with E-state index in [4.69, 9.17) is 11.6 Å². The summed E-state index contributed by atoms with van der Waals surface area (Å²) in [6.07, 6.45) is 0. The predicted octanol–water partition coefficient (Wildman–Crippen LogP) is 5.02. The van der Waals surface area contributed by atoms with Crippen LogP contribution in [0.2, 0.25) is 5.02 Å². The van der Waals surface area contributed by atoms with E-state index in [1.54, 1.807) is 30.0 Å². The molecule has 1 heterocycles. The van der Waals surface area contributed by atoms with Crippen molar-refractivity contribution in [2.24, 2.45) is 0 Å². The van der Waals surface area contributed by atoms with E-state index in [1.165, 1.54) is 10.8 Å². The van der Waals surface area contributed by atoms with Crippen LogP contribution in [0.3, 0.4) is 0 Å². The smallest absolute Gasteiger partial charge is 0.258 e. The van der Waals surface area contributed by atoms with Gasteiger partial charge in [-0.2, -0.15) is 0 Å². The van der Waals surface area contributed by atoms with Gasteiger partial charge in [-0.05, 0) is 41.1 Å². The number of nitrogens with one attached hydrogen (secondary N) is 1. The molecule has 24 heavy (non-hydrogen) atoms. The molecule has 0 unspecified atom stereocenters. The minimum Gasteiger partial charge on any atom is -0.309 e. The first kappa shape index (κ1) is 15.2. The van der Waals surface area contributed by atoms with Gasteiger partial charge in [0.05, 0.1) is 16.7 Å². The Hall–Kier alpha value is -2.30. The van der Waals surface area contributed by atoms with Gasteiger partial charge >= 0.3 is 0 Å². The Morgan fingerprint density at radius 3 is 2.71 bits per heavy atom. The number of rotatable bonds is 3. The maximum atomic E-state index is 12.2. The van der Waals surface area contributed by atoms with Crippen molar-refractivity contribution in [3.8, 4) is 0 Å². The molecular weight excluding hydrogens is 340 g/mol. The third kappa shape index (κ3) is 3.03. The van der Waals surface area contributed by atoms with E-state index in [-0.39, 0.29) is 5.56 Å². The normalized spacial score (nSPS) is 11.2. The fourth-order valence-corrected chi connectivity index (χ4v) is 3.62. The molecule has 0 spiro atoms. The zero-order chi connectivity index (χ0) is 16.5. The first-order valence-electron chi connectivity index (χ1n) is 7.49. The lowest BCUT2D eigenvalue weighted by molar-refractivity contribution is 1.04. The maximum absolute atomic E-state index is 12.2. The lowest BCUT2D eigenvalue weighted by Crippen LogP contribution is -2.11. The predicted molar refractivity (Wildman–Crippen MR) is 101 cm³/mol. The van der Waals surface area contributed by atoms with Gasteiger partial charge in [0.2, 0.25) is 0 Å². The molecule has 0 amide bonds. The molecule has 0 bridgehead atoms. The van der Waals surface area contributed by atoms with Crippen LogP contribution in [0.1, 0.15) is 5.82 Å². The van der Waals surface area contributed by atoms with Crippen molar-refractivity contribution >= 4 is 45.0 Å². The van der Waals surface area contributed by atoms with E-state index in [1.807, 2.05) is 12.1 Å². The number of aromatic nitrogens is 2. The number of halogens is 1. The van der Waals surface area contributed by atoms with Gasteiger partial charge in [0.15, 0.2) is 0 Å². The molecule has 3 nitrogen and oxygen atoms in total. The van der Waals surface area contributed by atoms with Crippen molar-refractivity contribution in [1.29, 1.82) is 0 Å². The van der Waals surface area contributed by atoms with Crippen LogP contribution < -0.4 is 5.56 Å². The van der Waals surface area contributed by atoms with Crippen molar-refractivity contribution < 1.29 is 0 Å². The fourth-order valence-electron chi connectivity index (χ4n) is 2.64. The number of thioether (sulfide) groups is 1. The summed E-state index contributed by atoms with van der Waals surface area (Å²) in [7, 11) is 0. The molecule has 0 aliphatic rings. The second kappa shape index (κ2) is 6.30. The zero-order valence-corrected chi connectivity index (χ0v) is 14.2. The summed E-state index contributed by atoms with van der Waals surface area (Å²) in [6, 6.07) is 19.8.